The molecule has 0 aromatic rings. The lowest BCUT2D eigenvalue weighted by Crippen LogP contribution is -2.65. The third kappa shape index (κ3) is 28.6. The highest BCUT2D eigenvalue weighted by Crippen LogP contribution is 2.42. The third-order valence-electron chi connectivity index (χ3n) is 35.7. The summed E-state index contributed by atoms with van der Waals surface area (Å²) in [6, 6.07) is 0. The number of hydrogen-bond donors (Lipinski definition) is 0. The first-order valence-electron chi connectivity index (χ1n) is 52.5. The lowest BCUT2D eigenvalue weighted by molar-refractivity contribution is -0.152. The molecule has 734 valence electrons. The van der Waals surface area contributed by atoms with Gasteiger partial charge in [0.25, 0.3) is 0 Å². The van der Waals surface area contributed by atoms with Gasteiger partial charge >= 0.3 is 0 Å². The number of piperidine rings is 10. The van der Waals surface area contributed by atoms with Crippen LogP contribution in [0, 0.1) is 105 Å². The molecule has 14 saturated heterocycles. The quantitative estimate of drug-likeness (QED) is 0.161. The van der Waals surface area contributed by atoms with E-state index >= 15 is 0 Å². The molecule has 14 aliphatic rings. The SMILES string of the molecule is CC(C)C1CCN(C(=O)C2(C)CCCCN2C)CC1.CC(C)C1CCN(C(=O)C2(C)CCCN(C)C2)CC1.CC(C)C1CCN(C(=O)C2(C)CCCN2C)CC1.CC(C)C1CCN(C(=O)C2(C)CCN(C)C2)CC1.CC(C)C1CCN(C(=O)C2(C)CCN(C)CC2)CC1.CC(C)C1CCN(C(=O)C2(C)CCN2C)CC1.CC(C)C1CCN(C(=O)C2(C)CN(C)C2)CC1. The molecule has 7 amide bonds. The maximum atomic E-state index is 12.8. The summed E-state index contributed by atoms with van der Waals surface area (Å²) in [7, 11) is 14.7. The summed E-state index contributed by atoms with van der Waals surface area (Å²) >= 11 is 0. The minimum absolute atomic E-state index is 0.0978. The fraction of sp³-hybridized carbons (Fsp3) is 0.934. The van der Waals surface area contributed by atoms with E-state index in [0.717, 1.165) is 304 Å². The number of likely N-dealkylation sites (N-methyl/N-ethyl adjacent to an activating group) is 3. The van der Waals surface area contributed by atoms with Crippen LogP contribution in [0.1, 0.15) is 306 Å². The maximum absolute atomic E-state index is 12.8. The van der Waals surface area contributed by atoms with Gasteiger partial charge in [0.15, 0.2) is 0 Å². The Morgan fingerprint density at radius 2 is 0.409 bits per heavy atom. The van der Waals surface area contributed by atoms with Crippen LogP contribution in [0.4, 0.5) is 0 Å². The fourth-order valence-corrected chi connectivity index (χ4v) is 24.4. The molecule has 0 aromatic carbocycles. The van der Waals surface area contributed by atoms with Gasteiger partial charge in [-0.3, -0.25) is 48.3 Å². The van der Waals surface area contributed by atoms with Crippen LogP contribution in [0.15, 0.2) is 0 Å². The fourth-order valence-electron chi connectivity index (χ4n) is 24.4. The molecule has 127 heavy (non-hydrogen) atoms. The summed E-state index contributed by atoms with van der Waals surface area (Å²) < 4.78 is 0. The Kier molecular flexibility index (Phi) is 40.9. The van der Waals surface area contributed by atoms with Crippen molar-refractivity contribution in [3.05, 3.63) is 0 Å². The Morgan fingerprint density at radius 3 is 0.646 bits per heavy atom. The van der Waals surface area contributed by atoms with E-state index < -0.39 is 0 Å². The zero-order valence-electron chi connectivity index (χ0n) is 87.6. The smallest absolute Gasteiger partial charge is 0.242 e. The molecule has 14 aliphatic heterocycles. The van der Waals surface area contributed by atoms with Crippen LogP contribution in [-0.4, -0.2) is 340 Å². The van der Waals surface area contributed by atoms with E-state index in [1.807, 2.05) is 0 Å². The molecular formula is C106H198N14O7. The topological polar surface area (TPSA) is 165 Å². The molecule has 14 rings (SSSR count). The summed E-state index contributed by atoms with van der Waals surface area (Å²) in [5.74, 6) is 13.7. The molecule has 0 aromatic heterocycles. The Bertz CT molecular complexity index is 3370. The molecule has 0 N–H and O–H groups in total. The van der Waals surface area contributed by atoms with Crippen molar-refractivity contribution in [3.63, 3.8) is 0 Å². The first kappa shape index (κ1) is 108. The summed E-state index contributed by atoms with van der Waals surface area (Å²) in [5.41, 5.74) is -1.15. The molecule has 0 radical (unpaired) electrons. The first-order chi connectivity index (χ1) is 59.5. The van der Waals surface area contributed by atoms with Crippen molar-refractivity contribution in [3.8, 4) is 0 Å². The van der Waals surface area contributed by atoms with Gasteiger partial charge in [-0.15, -0.1) is 0 Å². The number of hydrogen-bond acceptors (Lipinski definition) is 14. The van der Waals surface area contributed by atoms with Crippen LogP contribution in [0.3, 0.4) is 0 Å². The van der Waals surface area contributed by atoms with Crippen LogP contribution in [-0.2, 0) is 33.6 Å². The molecule has 0 bridgehead atoms. The lowest BCUT2D eigenvalue weighted by atomic mass is 9.78. The summed E-state index contributed by atoms with van der Waals surface area (Å²) in [6.45, 7) is 72.0. The van der Waals surface area contributed by atoms with Gasteiger partial charge in [-0.2, -0.15) is 0 Å². The van der Waals surface area contributed by atoms with Gasteiger partial charge in [-0.05, 0) is 374 Å². The first-order valence-corrected chi connectivity index (χ1v) is 52.5. The molecule has 5 atom stereocenters. The van der Waals surface area contributed by atoms with Crippen molar-refractivity contribution in [2.45, 2.75) is 323 Å². The van der Waals surface area contributed by atoms with Crippen LogP contribution in [0.25, 0.3) is 0 Å². The average Bonchev–Trinajstić information content (AvgIpc) is 1.09. The number of carbonyl (C=O) groups is 7. The third-order valence-corrected chi connectivity index (χ3v) is 35.7. The van der Waals surface area contributed by atoms with E-state index in [9.17, 15) is 33.6 Å². The molecule has 21 nitrogen and oxygen atoms in total. The van der Waals surface area contributed by atoms with Gasteiger partial charge < -0.3 is 53.9 Å². The van der Waals surface area contributed by atoms with Gasteiger partial charge in [-0.1, -0.05) is 104 Å². The summed E-state index contributed by atoms with van der Waals surface area (Å²) in [5, 5.41) is 0. The Morgan fingerprint density at radius 1 is 0.197 bits per heavy atom. The predicted molar refractivity (Wildman–Crippen MR) is 525 cm³/mol. The second-order valence-corrected chi connectivity index (χ2v) is 48.1. The van der Waals surface area contributed by atoms with E-state index in [1.54, 1.807) is 0 Å². The minimum Gasteiger partial charge on any atom is -0.342 e. The van der Waals surface area contributed by atoms with E-state index in [-0.39, 0.29) is 38.3 Å². The monoisotopic (exact) mass is 1780 g/mol. The van der Waals surface area contributed by atoms with Crippen molar-refractivity contribution >= 4 is 41.4 Å². The largest absolute Gasteiger partial charge is 0.342 e. The molecule has 0 aliphatic carbocycles. The van der Waals surface area contributed by atoms with Gasteiger partial charge in [0.1, 0.15) is 0 Å². The number of carbonyl (C=O) groups excluding carboxylic acids is 7. The number of rotatable bonds is 14. The molecular weight excluding hydrogens is 1580 g/mol. The molecule has 5 unspecified atom stereocenters. The Balaban J connectivity index is 0.000000183. The predicted octanol–water partition coefficient (Wildman–Crippen LogP) is 16.4. The van der Waals surface area contributed by atoms with Crippen LogP contribution in [0.2, 0.25) is 0 Å². The number of nitrogens with zero attached hydrogens (tertiary/aromatic N) is 14. The summed E-state index contributed by atoms with van der Waals surface area (Å²) in [4.78, 5) is 119. The van der Waals surface area contributed by atoms with E-state index in [2.05, 4.69) is 263 Å². The standard InChI is InChI=1S/3C16H30N2O.2C15H28N2O.2C14H26N2O/c1-13(2)14-5-9-18(10-6-14)15(19)16(3)7-11-17(4)12-8-16;1-13(2)14-6-10-18(11-7-14)15(19)16(3)8-5-9-17(4)12-16;1-13(2)14-7-11-18(12-8-14)15(19)16(3)9-5-6-10-17(16)4;1-12(2)13-5-8-17(9-6-13)14(18)15(3)7-10-16(4)11-15;1-12(2)13-6-10-17(11-7-13)14(18)15(3)8-5-9-16(15)4;1-11(2)12-5-8-16(9-6-12)13(17)14(3)7-10-15(14)4;1-11(2)12-5-7-16(8-6-12)13(17)14(3)9-15(4)10-14/h3*13-14H,5-12H2,1-4H3;2*12-13H,5-11H2,1-4H3;2*11-12H,5-10H2,1-4H3. The van der Waals surface area contributed by atoms with Crippen molar-refractivity contribution in [1.82, 2.24) is 68.6 Å². The highest BCUT2D eigenvalue weighted by molar-refractivity contribution is 5.88. The van der Waals surface area contributed by atoms with Gasteiger partial charge in [0.2, 0.25) is 41.4 Å². The Hall–Kier alpha value is -3.99. The highest BCUT2D eigenvalue weighted by atomic mass is 16.2. The van der Waals surface area contributed by atoms with Crippen molar-refractivity contribution < 1.29 is 33.6 Å². The Labute approximate surface area is 779 Å². The van der Waals surface area contributed by atoms with Gasteiger partial charge in [-0.25, -0.2) is 0 Å². The molecule has 0 spiro atoms. The maximum Gasteiger partial charge on any atom is 0.242 e. The van der Waals surface area contributed by atoms with Crippen LogP contribution < -0.4 is 0 Å². The second kappa shape index (κ2) is 48.0. The molecule has 21 heteroatoms. The molecule has 0 saturated carbocycles. The minimum atomic E-state index is -0.247. The number of likely N-dealkylation sites (tertiary alicyclic amines) is 14. The van der Waals surface area contributed by atoms with Crippen molar-refractivity contribution in [2.24, 2.45) is 105 Å². The lowest BCUT2D eigenvalue weighted by Gasteiger charge is -2.50. The highest BCUT2D eigenvalue weighted by Gasteiger charge is 2.51. The second-order valence-electron chi connectivity index (χ2n) is 48.1. The van der Waals surface area contributed by atoms with Crippen molar-refractivity contribution in [2.75, 3.05) is 213 Å². The number of amides is 7. The zero-order valence-corrected chi connectivity index (χ0v) is 87.6. The van der Waals surface area contributed by atoms with Gasteiger partial charge in [0.05, 0.1) is 32.9 Å². The zero-order chi connectivity index (χ0) is 94.1. The van der Waals surface area contributed by atoms with Crippen LogP contribution in [0.5, 0.6) is 0 Å². The van der Waals surface area contributed by atoms with Crippen molar-refractivity contribution in [1.29, 1.82) is 0 Å². The molecule has 14 heterocycles. The van der Waals surface area contributed by atoms with E-state index in [0.29, 0.717) is 41.4 Å². The van der Waals surface area contributed by atoms with Crippen LogP contribution >= 0.6 is 0 Å². The summed E-state index contributed by atoms with van der Waals surface area (Å²) in [6.07, 6.45) is 28.5. The van der Waals surface area contributed by atoms with E-state index in [4.69, 9.17) is 0 Å². The van der Waals surface area contributed by atoms with E-state index in [1.165, 1.54) is 103 Å². The normalized spacial score (nSPS) is 29.7. The average molecular weight is 1780 g/mol. The van der Waals surface area contributed by atoms with Gasteiger partial charge in [0, 0.05) is 130 Å². The molecule has 14 fully saturated rings.